The number of nitrogens with zero attached hydrogens (tertiary/aromatic N) is 7. The minimum absolute atomic E-state index is 0.105. The molecule has 0 spiro atoms. The Labute approximate surface area is 323 Å². The van der Waals surface area contributed by atoms with Gasteiger partial charge in [0.2, 0.25) is 5.95 Å². The van der Waals surface area contributed by atoms with Gasteiger partial charge in [-0.05, 0) is 88.0 Å². The number of ether oxygens (including phenoxy) is 3. The highest BCUT2D eigenvalue weighted by Crippen LogP contribution is 2.39. The predicted molar refractivity (Wildman–Crippen MR) is 212 cm³/mol. The highest BCUT2D eigenvalue weighted by molar-refractivity contribution is 6.05. The molecule has 4 aromatic rings. The maximum atomic E-state index is 13.7. The van der Waals surface area contributed by atoms with Crippen molar-refractivity contribution in [3.63, 3.8) is 0 Å². The van der Waals surface area contributed by atoms with Gasteiger partial charge in [0.25, 0.3) is 0 Å². The summed E-state index contributed by atoms with van der Waals surface area (Å²) in [4.78, 5) is 20.7. The fourth-order valence-corrected chi connectivity index (χ4v) is 7.43. The highest BCUT2D eigenvalue weighted by Gasteiger charge is 2.30. The summed E-state index contributed by atoms with van der Waals surface area (Å²) in [6.45, 7) is 11.3. The summed E-state index contributed by atoms with van der Waals surface area (Å²) in [5.41, 5.74) is 10.2. The normalized spacial score (nSPS) is 22.4. The molecule has 294 valence electrons. The number of hydrogen-bond donors (Lipinski definition) is 3. The number of allylic oxidation sites excluding steroid dienone is 1. The van der Waals surface area contributed by atoms with Crippen LogP contribution in [0.4, 0.5) is 16.4 Å². The first-order chi connectivity index (χ1) is 26.6. The molecule has 3 aliphatic rings. The molecule has 0 bridgehead atoms. The third-order valence-corrected chi connectivity index (χ3v) is 10.7. The topological polar surface area (TPSA) is 158 Å². The summed E-state index contributed by atoms with van der Waals surface area (Å²) in [5, 5.41) is 19.6. The first kappa shape index (κ1) is 38.3. The summed E-state index contributed by atoms with van der Waals surface area (Å²) in [7, 11) is 0. The number of aliphatic imine (C=N–C) groups is 1. The van der Waals surface area contributed by atoms with Gasteiger partial charge in [-0.25, -0.2) is 9.79 Å². The van der Waals surface area contributed by atoms with Gasteiger partial charge in [-0.2, -0.15) is 5.10 Å². The zero-order valence-electron chi connectivity index (χ0n) is 32.6. The molecule has 1 unspecified atom stereocenters. The third kappa shape index (κ3) is 9.65. The molecule has 14 nitrogen and oxygen atoms in total. The number of aryl methyl sites for hydroxylation is 1. The van der Waals surface area contributed by atoms with E-state index in [1.54, 1.807) is 12.3 Å². The number of pyridine rings is 1. The summed E-state index contributed by atoms with van der Waals surface area (Å²) >= 11 is 0. The number of amidine groups is 1. The lowest BCUT2D eigenvalue weighted by Gasteiger charge is -2.33. The first-order valence-corrected chi connectivity index (χ1v) is 19.9. The third-order valence-electron chi connectivity index (χ3n) is 10.7. The summed E-state index contributed by atoms with van der Waals surface area (Å²) in [6, 6.07) is 11.9. The summed E-state index contributed by atoms with van der Waals surface area (Å²) in [5.74, 6) is 1.93. The standard InChI is InChI=1S/C41H56N10O4/c1-28-12-7-9-21-50(28)40-48-47-37-19-16-30(27-51(37)40)55-34-18-17-33(31-13-5-6-14-32(31)34)45-39(52)46-36(24-35(42)41(2,3)4)44-29-25-43-49(26-29)20-11-23-54-38-15-8-10-22-53-38/h5-6,13-14,16,19,24-28,33-34,38H,7-12,15,17-18,20-23,42H2,1-4H3,(H2,44,45,46,52)/t28-,33-,34+,38?/m0/s1. The van der Waals surface area contributed by atoms with Crippen LogP contribution >= 0.6 is 0 Å². The number of amides is 2. The Morgan fingerprint density at radius 2 is 1.87 bits per heavy atom. The second kappa shape index (κ2) is 17.2. The average molecular weight is 753 g/mol. The molecule has 1 aliphatic carbocycles. The SMILES string of the molecule is C[C@H]1CCCCN1c1nnc2ccc(O[C@@H]3CC[C@H](NC(=O)NC(C=C(N)C(C)(C)C)=Nc4cnn(CCCOC5CCCCO5)c4)c4ccccc43)cn12. The smallest absolute Gasteiger partial charge is 0.320 e. The fraction of sp³-hybridized carbons (Fsp3) is 0.537. The fourth-order valence-electron chi connectivity index (χ4n) is 7.43. The van der Waals surface area contributed by atoms with E-state index < -0.39 is 0 Å². The molecule has 2 fully saturated rings. The number of aromatic nitrogens is 5. The highest BCUT2D eigenvalue weighted by atomic mass is 16.7. The molecule has 7 rings (SSSR count). The van der Waals surface area contributed by atoms with Crippen molar-refractivity contribution in [2.45, 2.75) is 117 Å². The lowest BCUT2D eigenvalue weighted by atomic mass is 9.85. The van der Waals surface area contributed by atoms with Crippen LogP contribution in [-0.4, -0.2) is 68.3 Å². The number of rotatable bonds is 11. The molecule has 4 atom stereocenters. The molecule has 5 heterocycles. The van der Waals surface area contributed by atoms with Crippen LogP contribution in [-0.2, 0) is 16.0 Å². The predicted octanol–water partition coefficient (Wildman–Crippen LogP) is 7.11. The number of urea groups is 1. The Hall–Kier alpha value is -4.95. The van der Waals surface area contributed by atoms with Gasteiger partial charge in [0.15, 0.2) is 11.9 Å². The largest absolute Gasteiger partial charge is 0.484 e. The second-order valence-electron chi connectivity index (χ2n) is 15.9. The van der Waals surface area contributed by atoms with Crippen LogP contribution in [0.25, 0.3) is 5.65 Å². The van der Waals surface area contributed by atoms with Crippen molar-refractivity contribution in [2.75, 3.05) is 24.7 Å². The van der Waals surface area contributed by atoms with Gasteiger partial charge in [-0.3, -0.25) is 14.4 Å². The van der Waals surface area contributed by atoms with Gasteiger partial charge >= 0.3 is 6.03 Å². The minimum atomic E-state index is -0.372. The van der Waals surface area contributed by atoms with Gasteiger partial charge in [0, 0.05) is 42.9 Å². The second-order valence-corrected chi connectivity index (χ2v) is 15.9. The number of fused-ring (bicyclic) bond motifs is 2. The van der Waals surface area contributed by atoms with E-state index in [9.17, 15) is 4.79 Å². The van der Waals surface area contributed by atoms with Gasteiger partial charge < -0.3 is 30.2 Å². The molecule has 4 N–H and O–H groups in total. The maximum Gasteiger partial charge on any atom is 0.320 e. The van der Waals surface area contributed by atoms with E-state index in [4.69, 9.17) is 24.9 Å². The van der Waals surface area contributed by atoms with Crippen molar-refractivity contribution < 1.29 is 19.0 Å². The molecule has 0 saturated carbocycles. The van der Waals surface area contributed by atoms with Crippen LogP contribution in [0.5, 0.6) is 5.75 Å². The van der Waals surface area contributed by atoms with Gasteiger partial charge in [-0.15, -0.1) is 10.2 Å². The molecule has 2 amide bonds. The van der Waals surface area contributed by atoms with Crippen molar-refractivity contribution in [3.05, 3.63) is 77.9 Å². The number of piperidine rings is 1. The van der Waals surface area contributed by atoms with E-state index >= 15 is 0 Å². The molecule has 2 saturated heterocycles. The number of nitrogens with one attached hydrogen (secondary N) is 2. The van der Waals surface area contributed by atoms with Crippen molar-refractivity contribution in [3.8, 4) is 5.75 Å². The van der Waals surface area contributed by atoms with Gasteiger partial charge in [0.1, 0.15) is 23.4 Å². The van der Waals surface area contributed by atoms with E-state index in [0.29, 0.717) is 49.3 Å². The Balaban J connectivity index is 1.01. The van der Waals surface area contributed by atoms with E-state index in [1.165, 1.54) is 6.42 Å². The monoisotopic (exact) mass is 752 g/mol. The van der Waals surface area contributed by atoms with E-state index in [-0.39, 0.29) is 29.9 Å². The van der Waals surface area contributed by atoms with E-state index in [1.807, 2.05) is 66.5 Å². The quantitative estimate of drug-likeness (QED) is 0.0825. The van der Waals surface area contributed by atoms with Crippen LogP contribution in [0.1, 0.15) is 109 Å². The first-order valence-electron chi connectivity index (χ1n) is 19.9. The zero-order chi connectivity index (χ0) is 38.4. The zero-order valence-corrected chi connectivity index (χ0v) is 32.6. The lowest BCUT2D eigenvalue weighted by Crippen LogP contribution is -2.42. The molecule has 1 aromatic carbocycles. The van der Waals surface area contributed by atoms with Crippen LogP contribution in [0, 0.1) is 5.41 Å². The Kier molecular flexibility index (Phi) is 12.0. The number of carbonyl (C=O) groups excluding carboxylic acids is 1. The molecular formula is C41H56N10O4. The summed E-state index contributed by atoms with van der Waals surface area (Å²) in [6.07, 6.45) is 15.9. The molecular weight excluding hydrogens is 697 g/mol. The number of nitrogens with two attached hydrogens (primary N) is 1. The number of hydrogen-bond acceptors (Lipinski definition) is 10. The number of carbonyl (C=O) groups is 1. The number of anilines is 1. The van der Waals surface area contributed by atoms with Crippen molar-refractivity contribution in [1.29, 1.82) is 0 Å². The van der Waals surface area contributed by atoms with Gasteiger partial charge in [-0.1, -0.05) is 45.0 Å². The molecule has 3 aromatic heterocycles. The minimum Gasteiger partial charge on any atom is -0.484 e. The van der Waals surface area contributed by atoms with Crippen molar-refractivity contribution >= 4 is 29.1 Å². The average Bonchev–Trinajstić information content (AvgIpc) is 3.81. The molecule has 55 heavy (non-hydrogen) atoms. The molecule has 0 radical (unpaired) electrons. The van der Waals surface area contributed by atoms with Crippen LogP contribution in [0.3, 0.4) is 0 Å². The van der Waals surface area contributed by atoms with E-state index in [2.05, 4.69) is 49.9 Å². The Morgan fingerprint density at radius 3 is 2.67 bits per heavy atom. The summed E-state index contributed by atoms with van der Waals surface area (Å²) < 4.78 is 22.1. The lowest BCUT2D eigenvalue weighted by molar-refractivity contribution is -0.163. The molecule has 2 aliphatic heterocycles. The maximum absolute atomic E-state index is 13.7. The Bertz CT molecular complexity index is 1970. The molecule has 14 heteroatoms. The number of benzene rings is 1. The van der Waals surface area contributed by atoms with E-state index in [0.717, 1.165) is 80.1 Å². The van der Waals surface area contributed by atoms with Gasteiger partial charge in [0.05, 0.1) is 31.2 Å². The van der Waals surface area contributed by atoms with Crippen molar-refractivity contribution in [1.82, 2.24) is 35.0 Å². The van der Waals surface area contributed by atoms with Crippen LogP contribution < -0.4 is 26.0 Å². The van der Waals surface area contributed by atoms with Crippen LogP contribution in [0.2, 0.25) is 0 Å². The Morgan fingerprint density at radius 1 is 1.04 bits per heavy atom. The van der Waals surface area contributed by atoms with Crippen LogP contribution in [0.15, 0.2) is 71.8 Å². The van der Waals surface area contributed by atoms with Crippen molar-refractivity contribution in [2.24, 2.45) is 16.1 Å².